The smallest absolute Gasteiger partial charge is 0.338 e. The van der Waals surface area contributed by atoms with Gasteiger partial charge in [0, 0.05) is 11.8 Å². The van der Waals surface area contributed by atoms with Crippen molar-refractivity contribution in [1.82, 2.24) is 0 Å². The van der Waals surface area contributed by atoms with Crippen LogP contribution in [-0.4, -0.2) is 33.0 Å². The Kier molecular flexibility index (Phi) is 5.75. The van der Waals surface area contributed by atoms with E-state index in [1.54, 1.807) is 18.2 Å². The summed E-state index contributed by atoms with van der Waals surface area (Å²) in [6.07, 6.45) is 5.50. The number of fused-ring (bicyclic) bond motifs is 1. The number of aryl methyl sites for hydroxylation is 2. The first-order valence-corrected chi connectivity index (χ1v) is 11.0. The fourth-order valence-corrected chi connectivity index (χ4v) is 4.04. The number of Topliss-reactive ketones (excluding diaryl/α,β-unsaturated/α-hetero) is 1. The minimum atomic E-state index is -3.13. The molecule has 0 N–H and O–H groups in total. The van der Waals surface area contributed by atoms with Crippen LogP contribution in [0.2, 0.25) is 0 Å². The van der Waals surface area contributed by atoms with Crippen LogP contribution in [0.5, 0.6) is 0 Å². The largest absolute Gasteiger partial charge is 0.454 e. The maximum Gasteiger partial charge on any atom is 0.338 e. The van der Waals surface area contributed by atoms with Crippen molar-refractivity contribution in [2.24, 2.45) is 0 Å². The molecule has 0 aromatic heterocycles. The highest BCUT2D eigenvalue weighted by molar-refractivity contribution is 7.89. The average molecular weight is 386 g/mol. The summed E-state index contributed by atoms with van der Waals surface area (Å²) < 4.78 is 27.7. The Morgan fingerprint density at radius 2 is 1.56 bits per heavy atom. The zero-order chi connectivity index (χ0) is 19.4. The number of benzene rings is 2. The van der Waals surface area contributed by atoms with E-state index in [0.717, 1.165) is 25.5 Å². The van der Waals surface area contributed by atoms with Gasteiger partial charge in [-0.05, 0) is 60.6 Å². The van der Waals surface area contributed by atoms with E-state index >= 15 is 0 Å². The molecule has 0 aliphatic heterocycles. The first-order chi connectivity index (χ1) is 12.8. The fourth-order valence-electron chi connectivity index (χ4n) is 3.24. The van der Waals surface area contributed by atoms with Crippen molar-refractivity contribution < 1.29 is 22.7 Å². The van der Waals surface area contributed by atoms with Crippen molar-refractivity contribution >= 4 is 21.6 Å². The lowest BCUT2D eigenvalue weighted by molar-refractivity contribution is 0.0474. The zero-order valence-electron chi connectivity index (χ0n) is 15.2. The molecule has 1 aliphatic carbocycles. The summed E-state index contributed by atoms with van der Waals surface area (Å²) in [5.41, 5.74) is 3.94. The third-order valence-corrected chi connectivity index (χ3v) is 5.48. The topological polar surface area (TPSA) is 77.5 Å². The van der Waals surface area contributed by atoms with E-state index in [9.17, 15) is 18.0 Å². The zero-order valence-corrected chi connectivity index (χ0v) is 16.1. The maximum atomic E-state index is 12.3. The Morgan fingerprint density at radius 3 is 2.22 bits per heavy atom. The normalized spacial score (nSPS) is 13.7. The molecule has 0 bridgehead atoms. The van der Waals surface area contributed by atoms with Gasteiger partial charge >= 0.3 is 5.97 Å². The first kappa shape index (κ1) is 19.3. The number of carbonyl (C=O) groups is 2. The SMILES string of the molecule is CS(=O)(=O)Cc1ccc(C(=O)OCC(=O)c2ccc3c(c2)CCCC3)cc1. The highest BCUT2D eigenvalue weighted by Gasteiger charge is 2.15. The van der Waals surface area contributed by atoms with Gasteiger partial charge in [-0.25, -0.2) is 13.2 Å². The van der Waals surface area contributed by atoms with Crippen LogP contribution in [0.25, 0.3) is 0 Å². The van der Waals surface area contributed by atoms with Crippen LogP contribution in [0.3, 0.4) is 0 Å². The summed E-state index contributed by atoms with van der Waals surface area (Å²) in [5.74, 6) is -0.920. The van der Waals surface area contributed by atoms with Crippen molar-refractivity contribution in [3.8, 4) is 0 Å². The van der Waals surface area contributed by atoms with Crippen LogP contribution in [0.1, 0.15) is 50.2 Å². The molecular weight excluding hydrogens is 364 g/mol. The molecule has 2 aromatic rings. The molecule has 0 spiro atoms. The van der Waals surface area contributed by atoms with E-state index < -0.39 is 15.8 Å². The highest BCUT2D eigenvalue weighted by atomic mass is 32.2. The van der Waals surface area contributed by atoms with Gasteiger partial charge in [0.15, 0.2) is 22.2 Å². The molecule has 6 heteroatoms. The highest BCUT2D eigenvalue weighted by Crippen LogP contribution is 2.22. The van der Waals surface area contributed by atoms with Gasteiger partial charge in [-0.3, -0.25) is 4.79 Å². The second kappa shape index (κ2) is 8.05. The Bertz CT molecular complexity index is 959. The van der Waals surface area contributed by atoms with Gasteiger partial charge in [-0.1, -0.05) is 24.3 Å². The van der Waals surface area contributed by atoms with Gasteiger partial charge in [0.05, 0.1) is 11.3 Å². The monoisotopic (exact) mass is 386 g/mol. The van der Waals surface area contributed by atoms with Crippen LogP contribution in [0, 0.1) is 0 Å². The number of esters is 1. The van der Waals surface area contributed by atoms with Crippen LogP contribution < -0.4 is 0 Å². The Balaban J connectivity index is 1.59. The molecule has 5 nitrogen and oxygen atoms in total. The van der Waals surface area contributed by atoms with Gasteiger partial charge in [-0.15, -0.1) is 0 Å². The standard InChI is InChI=1S/C21H22O5S/c1-27(24,25)14-15-6-8-17(9-7-15)21(23)26-13-20(22)19-11-10-16-4-2-3-5-18(16)12-19/h6-12H,2-5,13-14H2,1H3. The summed E-state index contributed by atoms with van der Waals surface area (Å²) >= 11 is 0. The van der Waals surface area contributed by atoms with Crippen molar-refractivity contribution in [3.05, 3.63) is 70.3 Å². The average Bonchev–Trinajstić information content (AvgIpc) is 2.64. The van der Waals surface area contributed by atoms with Crippen molar-refractivity contribution in [2.45, 2.75) is 31.4 Å². The lowest BCUT2D eigenvalue weighted by atomic mass is 9.90. The lowest BCUT2D eigenvalue weighted by Gasteiger charge is -2.16. The van der Waals surface area contributed by atoms with Crippen LogP contribution in [0.4, 0.5) is 0 Å². The van der Waals surface area contributed by atoms with Gasteiger partial charge in [0.2, 0.25) is 0 Å². The van der Waals surface area contributed by atoms with Crippen LogP contribution in [-0.2, 0) is 33.2 Å². The molecule has 27 heavy (non-hydrogen) atoms. The summed E-state index contributed by atoms with van der Waals surface area (Å²) in [7, 11) is -3.13. The first-order valence-electron chi connectivity index (χ1n) is 8.90. The molecule has 0 fully saturated rings. The molecule has 0 unspecified atom stereocenters. The number of carbonyl (C=O) groups excluding carboxylic acids is 2. The van der Waals surface area contributed by atoms with Gasteiger partial charge in [0.25, 0.3) is 0 Å². The quantitative estimate of drug-likeness (QED) is 0.563. The number of ether oxygens (including phenoxy) is 1. The molecule has 0 saturated carbocycles. The van der Waals surface area contributed by atoms with Crippen LogP contribution in [0.15, 0.2) is 42.5 Å². The molecule has 0 saturated heterocycles. The number of hydrogen-bond donors (Lipinski definition) is 0. The summed E-state index contributed by atoms with van der Waals surface area (Å²) in [4.78, 5) is 24.5. The predicted molar refractivity (Wildman–Crippen MR) is 103 cm³/mol. The molecule has 2 aromatic carbocycles. The number of sulfone groups is 1. The van der Waals surface area contributed by atoms with E-state index in [4.69, 9.17) is 4.74 Å². The number of ketones is 1. The molecule has 0 atom stereocenters. The fraction of sp³-hybridized carbons (Fsp3) is 0.333. The second-order valence-corrected chi connectivity index (χ2v) is 9.10. The molecule has 3 rings (SSSR count). The molecule has 1 aliphatic rings. The molecule has 0 amide bonds. The summed E-state index contributed by atoms with van der Waals surface area (Å²) in [5, 5.41) is 0. The number of rotatable bonds is 6. The van der Waals surface area contributed by atoms with E-state index in [1.807, 2.05) is 12.1 Å². The third kappa shape index (κ3) is 5.26. The Morgan fingerprint density at radius 1 is 0.926 bits per heavy atom. The van der Waals surface area contributed by atoms with Crippen molar-refractivity contribution in [2.75, 3.05) is 12.9 Å². The maximum absolute atomic E-state index is 12.3. The predicted octanol–water partition coefficient (Wildman–Crippen LogP) is 3.15. The number of hydrogen-bond acceptors (Lipinski definition) is 5. The van der Waals surface area contributed by atoms with E-state index in [1.165, 1.54) is 29.7 Å². The molecule has 142 valence electrons. The third-order valence-electron chi connectivity index (χ3n) is 4.62. The minimum Gasteiger partial charge on any atom is -0.454 e. The van der Waals surface area contributed by atoms with Gasteiger partial charge < -0.3 is 4.74 Å². The minimum absolute atomic E-state index is 0.0842. The lowest BCUT2D eigenvalue weighted by Crippen LogP contribution is -2.15. The van der Waals surface area contributed by atoms with Crippen molar-refractivity contribution in [1.29, 1.82) is 0 Å². The second-order valence-electron chi connectivity index (χ2n) is 6.96. The molecule has 0 radical (unpaired) electrons. The van der Waals surface area contributed by atoms with E-state index in [-0.39, 0.29) is 23.7 Å². The Labute approximate surface area is 159 Å². The molecule has 0 heterocycles. The van der Waals surface area contributed by atoms with Crippen LogP contribution >= 0.6 is 0 Å². The van der Waals surface area contributed by atoms with E-state index in [0.29, 0.717) is 11.1 Å². The summed E-state index contributed by atoms with van der Waals surface area (Å²) in [6.45, 7) is -0.317. The van der Waals surface area contributed by atoms with Gasteiger partial charge in [-0.2, -0.15) is 0 Å². The summed E-state index contributed by atoms with van der Waals surface area (Å²) in [6, 6.07) is 11.8. The van der Waals surface area contributed by atoms with Gasteiger partial charge in [0.1, 0.15) is 0 Å². The van der Waals surface area contributed by atoms with Crippen molar-refractivity contribution in [3.63, 3.8) is 0 Å². The Hall–Kier alpha value is -2.47. The molecular formula is C21H22O5S. The van der Waals surface area contributed by atoms with E-state index in [2.05, 4.69) is 0 Å².